The van der Waals surface area contributed by atoms with E-state index in [4.69, 9.17) is 17.3 Å². The van der Waals surface area contributed by atoms with Gasteiger partial charge in [-0.1, -0.05) is 37.6 Å². The molecular weight excluding hydrogens is 272 g/mol. The van der Waals surface area contributed by atoms with Crippen LogP contribution in [0, 0.1) is 0 Å². The average molecular weight is 299 g/mol. The van der Waals surface area contributed by atoms with Crippen LogP contribution in [0.4, 0.5) is 0 Å². The van der Waals surface area contributed by atoms with E-state index >= 15 is 0 Å². The summed E-state index contributed by atoms with van der Waals surface area (Å²) in [5.74, 6) is 0. The third-order valence-electron chi connectivity index (χ3n) is 3.87. The van der Waals surface area contributed by atoms with Crippen molar-refractivity contribution in [3.63, 3.8) is 0 Å². The number of benzene rings is 1. The smallest absolute Gasteiger partial charge is 0.0558 e. The molecule has 3 nitrogen and oxygen atoms in total. The standard InChI is InChI=1S/C16H27ClN2O/c1-3-15(4-2)19(11-12-20)10-9-16(18)13-5-7-14(17)8-6-13/h5-8,15-16,20H,3-4,9-12,18H2,1-2H3. The van der Waals surface area contributed by atoms with Crippen molar-refractivity contribution >= 4 is 11.6 Å². The molecule has 20 heavy (non-hydrogen) atoms. The summed E-state index contributed by atoms with van der Waals surface area (Å²) in [4.78, 5) is 2.34. The number of aliphatic hydroxyl groups is 1. The summed E-state index contributed by atoms with van der Waals surface area (Å²) < 4.78 is 0. The molecule has 1 rings (SSSR count). The van der Waals surface area contributed by atoms with Gasteiger partial charge in [0.1, 0.15) is 0 Å². The van der Waals surface area contributed by atoms with Crippen LogP contribution in [-0.4, -0.2) is 35.7 Å². The third-order valence-corrected chi connectivity index (χ3v) is 4.12. The molecule has 3 N–H and O–H groups in total. The molecule has 0 aliphatic carbocycles. The van der Waals surface area contributed by atoms with E-state index in [0.717, 1.165) is 42.9 Å². The van der Waals surface area contributed by atoms with Crippen molar-refractivity contribution in [2.24, 2.45) is 5.73 Å². The molecule has 114 valence electrons. The Labute approximate surface area is 127 Å². The maximum Gasteiger partial charge on any atom is 0.0558 e. The fraction of sp³-hybridized carbons (Fsp3) is 0.625. The second-order valence-electron chi connectivity index (χ2n) is 5.18. The molecule has 0 bridgehead atoms. The maximum atomic E-state index is 9.20. The highest BCUT2D eigenvalue weighted by molar-refractivity contribution is 6.30. The van der Waals surface area contributed by atoms with Gasteiger partial charge in [0.25, 0.3) is 0 Å². The Hall–Kier alpha value is -0.610. The van der Waals surface area contributed by atoms with Crippen LogP contribution in [0.5, 0.6) is 0 Å². The fourth-order valence-electron chi connectivity index (χ4n) is 2.59. The topological polar surface area (TPSA) is 49.5 Å². The van der Waals surface area contributed by atoms with Gasteiger partial charge >= 0.3 is 0 Å². The molecule has 0 amide bonds. The highest BCUT2D eigenvalue weighted by Crippen LogP contribution is 2.18. The predicted octanol–water partition coefficient (Wildman–Crippen LogP) is 3.21. The summed E-state index contributed by atoms with van der Waals surface area (Å²) >= 11 is 5.89. The van der Waals surface area contributed by atoms with E-state index in [0.29, 0.717) is 6.04 Å². The summed E-state index contributed by atoms with van der Waals surface area (Å²) in [6.45, 7) is 6.22. The number of hydrogen-bond donors (Lipinski definition) is 2. The zero-order valence-electron chi connectivity index (χ0n) is 12.6. The molecule has 0 radical (unpaired) electrons. The lowest BCUT2D eigenvalue weighted by Crippen LogP contribution is -2.38. The number of nitrogens with zero attached hydrogens (tertiary/aromatic N) is 1. The molecule has 0 saturated carbocycles. The van der Waals surface area contributed by atoms with Crippen LogP contribution in [-0.2, 0) is 0 Å². The van der Waals surface area contributed by atoms with Crippen molar-refractivity contribution in [3.8, 4) is 0 Å². The van der Waals surface area contributed by atoms with Gasteiger partial charge in [0.15, 0.2) is 0 Å². The van der Waals surface area contributed by atoms with E-state index < -0.39 is 0 Å². The Morgan fingerprint density at radius 1 is 1.15 bits per heavy atom. The second kappa shape index (κ2) is 9.35. The Kier molecular flexibility index (Phi) is 8.15. The number of aliphatic hydroxyl groups excluding tert-OH is 1. The molecule has 4 heteroatoms. The van der Waals surface area contributed by atoms with Gasteiger partial charge in [-0.3, -0.25) is 4.90 Å². The monoisotopic (exact) mass is 298 g/mol. The van der Waals surface area contributed by atoms with Crippen molar-refractivity contribution in [1.29, 1.82) is 0 Å². The molecular formula is C16H27ClN2O. The Balaban J connectivity index is 2.55. The molecule has 1 atom stereocenters. The number of nitrogens with two attached hydrogens (primary N) is 1. The minimum Gasteiger partial charge on any atom is -0.395 e. The van der Waals surface area contributed by atoms with Gasteiger partial charge in [-0.25, -0.2) is 0 Å². The Morgan fingerprint density at radius 2 is 1.75 bits per heavy atom. The van der Waals surface area contributed by atoms with Gasteiger partial charge in [-0.2, -0.15) is 0 Å². The first kappa shape index (κ1) is 17.4. The highest BCUT2D eigenvalue weighted by atomic mass is 35.5. The molecule has 0 aliphatic heterocycles. The zero-order chi connectivity index (χ0) is 15.0. The van der Waals surface area contributed by atoms with Crippen molar-refractivity contribution in [2.45, 2.75) is 45.2 Å². The maximum absolute atomic E-state index is 9.20. The van der Waals surface area contributed by atoms with E-state index in [1.165, 1.54) is 0 Å². The largest absolute Gasteiger partial charge is 0.395 e. The average Bonchev–Trinajstić information content (AvgIpc) is 2.46. The van der Waals surface area contributed by atoms with Crippen molar-refractivity contribution in [3.05, 3.63) is 34.9 Å². The van der Waals surface area contributed by atoms with Crippen molar-refractivity contribution in [1.82, 2.24) is 4.90 Å². The van der Waals surface area contributed by atoms with Crippen LogP contribution >= 0.6 is 11.6 Å². The first-order chi connectivity index (χ1) is 9.62. The predicted molar refractivity (Wildman–Crippen MR) is 86.0 cm³/mol. The first-order valence-corrected chi connectivity index (χ1v) is 7.86. The zero-order valence-corrected chi connectivity index (χ0v) is 13.3. The summed E-state index contributed by atoms with van der Waals surface area (Å²) in [7, 11) is 0. The van der Waals surface area contributed by atoms with E-state index in [1.807, 2.05) is 24.3 Å². The fourth-order valence-corrected chi connectivity index (χ4v) is 2.72. The van der Waals surface area contributed by atoms with Crippen LogP contribution in [0.15, 0.2) is 24.3 Å². The number of rotatable bonds is 9. The van der Waals surface area contributed by atoms with E-state index in [-0.39, 0.29) is 12.6 Å². The highest BCUT2D eigenvalue weighted by Gasteiger charge is 2.16. The van der Waals surface area contributed by atoms with Crippen LogP contribution in [0.3, 0.4) is 0 Å². The molecule has 0 aromatic heterocycles. The minimum absolute atomic E-state index is 0.0165. The quantitative estimate of drug-likeness (QED) is 0.736. The van der Waals surface area contributed by atoms with Crippen LogP contribution in [0.2, 0.25) is 5.02 Å². The van der Waals surface area contributed by atoms with E-state index in [2.05, 4.69) is 18.7 Å². The first-order valence-electron chi connectivity index (χ1n) is 7.48. The minimum atomic E-state index is 0.0165. The van der Waals surface area contributed by atoms with Crippen molar-refractivity contribution in [2.75, 3.05) is 19.7 Å². The van der Waals surface area contributed by atoms with E-state index in [9.17, 15) is 5.11 Å². The SMILES string of the molecule is CCC(CC)N(CCO)CCC(N)c1ccc(Cl)cc1. The van der Waals surface area contributed by atoms with E-state index in [1.54, 1.807) is 0 Å². The normalized spacial score (nSPS) is 13.2. The molecule has 1 unspecified atom stereocenters. The number of halogens is 1. The van der Waals surface area contributed by atoms with Gasteiger partial charge in [0.05, 0.1) is 6.61 Å². The molecule has 0 spiro atoms. The van der Waals surface area contributed by atoms with Gasteiger partial charge in [0.2, 0.25) is 0 Å². The van der Waals surface area contributed by atoms with Crippen molar-refractivity contribution < 1.29 is 5.11 Å². The van der Waals surface area contributed by atoms with Gasteiger partial charge in [0, 0.05) is 30.2 Å². The number of hydrogen-bond acceptors (Lipinski definition) is 3. The third kappa shape index (κ3) is 5.41. The van der Waals surface area contributed by atoms with Gasteiger partial charge < -0.3 is 10.8 Å². The van der Waals surface area contributed by atoms with Gasteiger partial charge in [-0.05, 0) is 37.0 Å². The second-order valence-corrected chi connectivity index (χ2v) is 5.61. The lowest BCUT2D eigenvalue weighted by atomic mass is 10.0. The summed E-state index contributed by atoms with van der Waals surface area (Å²) in [5, 5.41) is 9.94. The molecule has 0 heterocycles. The summed E-state index contributed by atoms with van der Waals surface area (Å²) in [5.41, 5.74) is 7.35. The Bertz CT molecular complexity index is 365. The van der Waals surface area contributed by atoms with Crippen LogP contribution < -0.4 is 5.73 Å². The summed E-state index contributed by atoms with van der Waals surface area (Å²) in [6.07, 6.45) is 3.09. The van der Waals surface area contributed by atoms with Gasteiger partial charge in [-0.15, -0.1) is 0 Å². The van der Waals surface area contributed by atoms with Crippen LogP contribution in [0.25, 0.3) is 0 Å². The molecule has 0 saturated heterocycles. The lowest BCUT2D eigenvalue weighted by molar-refractivity contribution is 0.139. The van der Waals surface area contributed by atoms with Crippen LogP contribution in [0.1, 0.15) is 44.7 Å². The lowest BCUT2D eigenvalue weighted by Gasteiger charge is -2.30. The molecule has 0 aliphatic rings. The molecule has 1 aromatic rings. The summed E-state index contributed by atoms with van der Waals surface area (Å²) in [6, 6.07) is 8.27. The molecule has 0 fully saturated rings. The molecule has 1 aromatic carbocycles. The Morgan fingerprint density at radius 3 is 2.25 bits per heavy atom.